The second-order valence-electron chi connectivity index (χ2n) is 6.22. The largest absolute Gasteiger partial charge is 0.435 e. The maximum Gasteiger partial charge on any atom is 0.387 e. The zero-order valence-corrected chi connectivity index (χ0v) is 14.4. The number of nitrogens with one attached hydrogen (secondary N) is 1. The molecule has 8 heteroatoms. The fourth-order valence-corrected chi connectivity index (χ4v) is 3.16. The fourth-order valence-electron chi connectivity index (χ4n) is 3.16. The number of halogens is 3. The molecule has 1 heterocycles. The topological polar surface area (TPSA) is 58.6 Å². The number of rotatable bonds is 5. The van der Waals surface area contributed by atoms with E-state index in [2.05, 4.69) is 10.1 Å². The van der Waals surface area contributed by atoms with Gasteiger partial charge in [0.25, 0.3) is 0 Å². The maximum absolute atomic E-state index is 13.8. The monoisotopic (exact) mass is 378 g/mol. The van der Waals surface area contributed by atoms with E-state index in [1.54, 1.807) is 13.1 Å². The van der Waals surface area contributed by atoms with Gasteiger partial charge in [0.2, 0.25) is 11.8 Å². The number of para-hydroxylation sites is 1. The minimum atomic E-state index is -2.94. The van der Waals surface area contributed by atoms with Gasteiger partial charge in [0.05, 0.1) is 5.69 Å². The van der Waals surface area contributed by atoms with Crippen LogP contribution in [0.4, 0.5) is 18.9 Å². The van der Waals surface area contributed by atoms with Crippen LogP contribution in [0.5, 0.6) is 5.75 Å². The lowest BCUT2D eigenvalue weighted by Crippen LogP contribution is -2.32. The van der Waals surface area contributed by atoms with Crippen molar-refractivity contribution >= 4 is 17.5 Å². The predicted octanol–water partition coefficient (Wildman–Crippen LogP) is 3.24. The summed E-state index contributed by atoms with van der Waals surface area (Å²) in [6.45, 7) is -2.65. The Balaban J connectivity index is 1.82. The minimum absolute atomic E-state index is 0.00992. The van der Waals surface area contributed by atoms with Gasteiger partial charge in [-0.3, -0.25) is 9.59 Å². The molecular formula is C19H17F3N2O3. The van der Waals surface area contributed by atoms with Crippen molar-refractivity contribution < 1.29 is 27.5 Å². The zero-order valence-electron chi connectivity index (χ0n) is 14.4. The highest BCUT2D eigenvalue weighted by Crippen LogP contribution is 2.35. The van der Waals surface area contributed by atoms with E-state index in [1.807, 2.05) is 0 Å². The van der Waals surface area contributed by atoms with Gasteiger partial charge in [0.1, 0.15) is 17.5 Å². The van der Waals surface area contributed by atoms with Crippen LogP contribution in [0.1, 0.15) is 11.5 Å². The van der Waals surface area contributed by atoms with Crippen molar-refractivity contribution in [3.8, 4) is 5.75 Å². The molecule has 2 atom stereocenters. The van der Waals surface area contributed by atoms with Gasteiger partial charge in [-0.1, -0.05) is 24.3 Å². The molecule has 0 spiro atoms. The first-order valence-corrected chi connectivity index (χ1v) is 8.22. The van der Waals surface area contributed by atoms with Crippen molar-refractivity contribution in [2.45, 2.75) is 12.5 Å². The lowest BCUT2D eigenvalue weighted by Gasteiger charge is -2.17. The first-order chi connectivity index (χ1) is 12.9. The Morgan fingerprint density at radius 1 is 1.19 bits per heavy atom. The number of alkyl halides is 2. The summed E-state index contributed by atoms with van der Waals surface area (Å²) in [5.41, 5.74) is 0.618. The quantitative estimate of drug-likeness (QED) is 0.813. The van der Waals surface area contributed by atoms with Crippen molar-refractivity contribution in [1.82, 2.24) is 4.90 Å². The van der Waals surface area contributed by atoms with Gasteiger partial charge >= 0.3 is 6.61 Å². The van der Waals surface area contributed by atoms with Crippen LogP contribution in [0, 0.1) is 11.7 Å². The molecule has 0 saturated carbocycles. The molecule has 2 amide bonds. The third kappa shape index (κ3) is 4.05. The molecule has 1 fully saturated rings. The Hall–Kier alpha value is -3.03. The molecule has 0 bridgehead atoms. The van der Waals surface area contributed by atoms with Gasteiger partial charge in [-0.15, -0.1) is 0 Å². The predicted molar refractivity (Wildman–Crippen MR) is 92.0 cm³/mol. The van der Waals surface area contributed by atoms with E-state index in [1.165, 1.54) is 47.4 Å². The molecule has 0 aliphatic carbocycles. The second kappa shape index (κ2) is 7.69. The summed E-state index contributed by atoms with van der Waals surface area (Å²) < 4.78 is 42.7. The third-order valence-corrected chi connectivity index (χ3v) is 4.46. The molecule has 3 rings (SSSR count). The summed E-state index contributed by atoms with van der Waals surface area (Å²) in [5, 5.41) is 2.46. The van der Waals surface area contributed by atoms with E-state index < -0.39 is 30.2 Å². The first-order valence-electron chi connectivity index (χ1n) is 8.22. The molecule has 1 aliphatic rings. The summed E-state index contributed by atoms with van der Waals surface area (Å²) in [6, 6.07) is 11.5. The van der Waals surface area contributed by atoms with Gasteiger partial charge in [-0.25, -0.2) is 4.39 Å². The van der Waals surface area contributed by atoms with Crippen LogP contribution in [0.25, 0.3) is 0 Å². The summed E-state index contributed by atoms with van der Waals surface area (Å²) in [4.78, 5) is 26.6. The fraction of sp³-hybridized carbons (Fsp3) is 0.263. The highest BCUT2D eigenvalue weighted by molar-refractivity contribution is 6.08. The second-order valence-corrected chi connectivity index (χ2v) is 6.22. The SMILES string of the molecule is CN1C[C@H](c2ccc(OC(F)F)cc2)[C@@H](C(=O)Nc2ccccc2F)C1=O. The number of hydrogen-bond donors (Lipinski definition) is 1. The molecule has 1 aliphatic heterocycles. The normalized spacial score (nSPS) is 19.4. The van der Waals surface area contributed by atoms with Crippen LogP contribution < -0.4 is 10.1 Å². The van der Waals surface area contributed by atoms with Crippen molar-refractivity contribution in [1.29, 1.82) is 0 Å². The lowest BCUT2D eigenvalue weighted by atomic mass is 9.88. The highest BCUT2D eigenvalue weighted by Gasteiger charge is 2.44. The Morgan fingerprint density at radius 3 is 2.48 bits per heavy atom. The number of amides is 2. The average Bonchev–Trinajstić information content (AvgIpc) is 2.92. The molecule has 27 heavy (non-hydrogen) atoms. The molecule has 0 aromatic heterocycles. The van der Waals surface area contributed by atoms with Gasteiger partial charge in [0.15, 0.2) is 0 Å². The van der Waals surface area contributed by atoms with Crippen molar-refractivity contribution in [2.75, 3.05) is 18.9 Å². The van der Waals surface area contributed by atoms with Crippen molar-refractivity contribution in [2.24, 2.45) is 5.92 Å². The number of carbonyl (C=O) groups is 2. The van der Waals surface area contributed by atoms with Crippen LogP contribution >= 0.6 is 0 Å². The Morgan fingerprint density at radius 2 is 1.85 bits per heavy atom. The van der Waals surface area contributed by atoms with Crippen LogP contribution in [0.15, 0.2) is 48.5 Å². The zero-order chi connectivity index (χ0) is 19.6. The van der Waals surface area contributed by atoms with Gasteiger partial charge in [-0.2, -0.15) is 8.78 Å². The lowest BCUT2D eigenvalue weighted by molar-refractivity contribution is -0.135. The summed E-state index contributed by atoms with van der Waals surface area (Å²) in [7, 11) is 1.57. The summed E-state index contributed by atoms with van der Waals surface area (Å²) in [5.74, 6) is -3.16. The van der Waals surface area contributed by atoms with Crippen LogP contribution in [-0.2, 0) is 9.59 Å². The van der Waals surface area contributed by atoms with Gasteiger partial charge < -0.3 is 15.0 Å². The highest BCUT2D eigenvalue weighted by atomic mass is 19.3. The van der Waals surface area contributed by atoms with Crippen LogP contribution in [-0.4, -0.2) is 36.9 Å². The number of hydrogen-bond acceptors (Lipinski definition) is 3. The summed E-state index contributed by atoms with van der Waals surface area (Å²) in [6.07, 6.45) is 0. The maximum atomic E-state index is 13.8. The number of benzene rings is 2. The first kappa shape index (κ1) is 18.8. The van der Waals surface area contributed by atoms with E-state index in [-0.39, 0.29) is 23.9 Å². The number of carbonyl (C=O) groups excluding carboxylic acids is 2. The number of ether oxygens (including phenoxy) is 1. The smallest absolute Gasteiger partial charge is 0.387 e. The standard InChI is InChI=1S/C19H17F3N2O3/c1-24-10-13(11-6-8-12(9-7-11)27-19(21)22)16(18(24)26)17(25)23-15-5-3-2-4-14(15)20/h2-9,13,16,19H,10H2,1H3,(H,23,25)/t13-,16+/m1/s1. The van der Waals surface area contributed by atoms with Crippen molar-refractivity contribution in [3.63, 3.8) is 0 Å². The van der Waals surface area contributed by atoms with E-state index in [0.29, 0.717) is 5.56 Å². The molecule has 1 saturated heterocycles. The molecule has 2 aromatic rings. The van der Waals surface area contributed by atoms with E-state index >= 15 is 0 Å². The molecular weight excluding hydrogens is 361 g/mol. The summed E-state index contributed by atoms with van der Waals surface area (Å²) >= 11 is 0. The Kier molecular flexibility index (Phi) is 5.34. The Labute approximate surface area is 153 Å². The molecule has 5 nitrogen and oxygen atoms in total. The average molecular weight is 378 g/mol. The molecule has 0 unspecified atom stereocenters. The van der Waals surface area contributed by atoms with Gasteiger partial charge in [0, 0.05) is 19.5 Å². The Bertz CT molecular complexity index is 842. The number of likely N-dealkylation sites (tertiary alicyclic amines) is 1. The minimum Gasteiger partial charge on any atom is -0.435 e. The van der Waals surface area contributed by atoms with E-state index in [9.17, 15) is 22.8 Å². The third-order valence-electron chi connectivity index (χ3n) is 4.46. The van der Waals surface area contributed by atoms with Crippen LogP contribution in [0.3, 0.4) is 0 Å². The molecule has 0 radical (unpaired) electrons. The van der Waals surface area contributed by atoms with Crippen molar-refractivity contribution in [3.05, 3.63) is 59.9 Å². The van der Waals surface area contributed by atoms with E-state index in [4.69, 9.17) is 0 Å². The van der Waals surface area contributed by atoms with Gasteiger partial charge in [-0.05, 0) is 29.8 Å². The molecule has 2 aromatic carbocycles. The number of nitrogens with zero attached hydrogens (tertiary/aromatic N) is 1. The van der Waals surface area contributed by atoms with Crippen LogP contribution in [0.2, 0.25) is 0 Å². The number of likely N-dealkylation sites (N-methyl/N-ethyl adjacent to an activating group) is 1. The number of anilines is 1. The van der Waals surface area contributed by atoms with E-state index in [0.717, 1.165) is 0 Å². The molecule has 1 N–H and O–H groups in total. The molecule has 142 valence electrons.